The van der Waals surface area contributed by atoms with E-state index in [4.69, 9.17) is 4.74 Å². The fourth-order valence-corrected chi connectivity index (χ4v) is 2.61. The van der Waals surface area contributed by atoms with Gasteiger partial charge in [0.1, 0.15) is 5.75 Å². The number of nitrogens with one attached hydrogen (secondary N) is 1. The molecule has 1 saturated carbocycles. The van der Waals surface area contributed by atoms with Gasteiger partial charge in [0.25, 0.3) is 5.91 Å². The fraction of sp³-hybridized carbons (Fsp3) is 0.286. The van der Waals surface area contributed by atoms with Crippen molar-refractivity contribution in [1.82, 2.24) is 4.98 Å². The third-order valence-electron chi connectivity index (χ3n) is 3.09. The predicted octanol–water partition coefficient (Wildman–Crippen LogP) is 3.28. The number of methoxy groups -OCH3 is 1. The first-order valence-corrected chi connectivity index (χ1v) is 7.05. The number of nitrogens with zero attached hydrogens (tertiary/aromatic N) is 1. The summed E-state index contributed by atoms with van der Waals surface area (Å²) in [7, 11) is 1.60. The van der Waals surface area contributed by atoms with Gasteiger partial charge in [-0.25, -0.2) is 4.98 Å². The molecule has 1 aromatic carbocycles. The van der Waals surface area contributed by atoms with Crippen molar-refractivity contribution in [3.8, 4) is 5.75 Å². The van der Waals surface area contributed by atoms with Crippen LogP contribution >= 0.6 is 11.3 Å². The molecule has 1 aliphatic carbocycles. The van der Waals surface area contributed by atoms with Gasteiger partial charge in [0.05, 0.1) is 12.8 Å². The Hall–Kier alpha value is -1.88. The maximum atomic E-state index is 12.0. The molecule has 0 bridgehead atoms. The lowest BCUT2D eigenvalue weighted by molar-refractivity contribution is 0.102. The smallest absolute Gasteiger partial charge is 0.257 e. The largest absolute Gasteiger partial charge is 0.497 e. The Morgan fingerprint density at radius 1 is 1.37 bits per heavy atom. The summed E-state index contributed by atoms with van der Waals surface area (Å²) in [5.74, 6) is 1.21. The number of amides is 1. The second-order valence-corrected chi connectivity index (χ2v) is 5.39. The molecule has 0 spiro atoms. The Labute approximate surface area is 115 Å². The summed E-state index contributed by atoms with van der Waals surface area (Å²) in [6.45, 7) is 0. The van der Waals surface area contributed by atoms with E-state index in [2.05, 4.69) is 10.3 Å². The van der Waals surface area contributed by atoms with Crippen molar-refractivity contribution in [1.29, 1.82) is 0 Å². The summed E-state index contributed by atoms with van der Waals surface area (Å²) < 4.78 is 5.06. The standard InChI is InChI=1S/C14H14N2O2S/c1-18-11-6-4-10(5-7-11)13(17)16-14-15-12(8-19-14)9-2-3-9/h4-9H,2-3H2,1H3,(H,15,16,17). The van der Waals surface area contributed by atoms with Crippen LogP contribution in [-0.2, 0) is 0 Å². The van der Waals surface area contributed by atoms with Gasteiger partial charge in [-0.15, -0.1) is 11.3 Å². The number of carbonyl (C=O) groups excluding carboxylic acids is 1. The van der Waals surface area contributed by atoms with Crippen LogP contribution in [0.3, 0.4) is 0 Å². The molecule has 3 rings (SSSR count). The van der Waals surface area contributed by atoms with Gasteiger partial charge in [-0.3, -0.25) is 10.1 Å². The molecule has 0 unspecified atom stereocenters. The van der Waals surface area contributed by atoms with Gasteiger partial charge in [0.15, 0.2) is 5.13 Å². The molecule has 4 nitrogen and oxygen atoms in total. The molecule has 0 radical (unpaired) electrons. The summed E-state index contributed by atoms with van der Waals surface area (Å²) in [5.41, 5.74) is 1.71. The van der Waals surface area contributed by atoms with E-state index in [1.165, 1.54) is 24.2 Å². The SMILES string of the molecule is COc1ccc(C(=O)Nc2nc(C3CC3)cs2)cc1. The molecule has 0 saturated heterocycles. The Kier molecular flexibility index (Phi) is 3.21. The second kappa shape index (κ2) is 5.01. The van der Waals surface area contributed by atoms with E-state index in [9.17, 15) is 4.79 Å². The van der Waals surface area contributed by atoms with Crippen LogP contribution in [0.15, 0.2) is 29.6 Å². The fourth-order valence-electron chi connectivity index (χ4n) is 1.82. The molecule has 1 aliphatic rings. The minimum Gasteiger partial charge on any atom is -0.497 e. The van der Waals surface area contributed by atoms with Crippen molar-refractivity contribution in [3.63, 3.8) is 0 Å². The van der Waals surface area contributed by atoms with Gasteiger partial charge < -0.3 is 4.74 Å². The van der Waals surface area contributed by atoms with E-state index in [0.29, 0.717) is 16.6 Å². The Morgan fingerprint density at radius 2 is 2.11 bits per heavy atom. The first-order chi connectivity index (χ1) is 9.26. The minimum absolute atomic E-state index is 0.139. The van der Waals surface area contributed by atoms with Crippen LogP contribution in [0.4, 0.5) is 5.13 Å². The summed E-state index contributed by atoms with van der Waals surface area (Å²) in [6, 6.07) is 7.02. The quantitative estimate of drug-likeness (QED) is 0.930. The van der Waals surface area contributed by atoms with E-state index in [0.717, 1.165) is 11.4 Å². The first-order valence-electron chi connectivity index (χ1n) is 6.17. The first kappa shape index (κ1) is 12.2. The summed E-state index contributed by atoms with van der Waals surface area (Å²) in [6.07, 6.45) is 2.44. The number of anilines is 1. The lowest BCUT2D eigenvalue weighted by Crippen LogP contribution is -2.11. The zero-order valence-corrected chi connectivity index (χ0v) is 11.4. The normalized spacial score (nSPS) is 14.2. The highest BCUT2D eigenvalue weighted by molar-refractivity contribution is 7.14. The highest BCUT2D eigenvalue weighted by atomic mass is 32.1. The van der Waals surface area contributed by atoms with Crippen LogP contribution in [0.25, 0.3) is 0 Å². The molecule has 0 aliphatic heterocycles. The maximum absolute atomic E-state index is 12.0. The van der Waals surface area contributed by atoms with E-state index in [1.807, 2.05) is 5.38 Å². The van der Waals surface area contributed by atoms with Crippen LogP contribution in [0.2, 0.25) is 0 Å². The number of benzene rings is 1. The van der Waals surface area contributed by atoms with Crippen molar-refractivity contribution in [2.24, 2.45) is 0 Å². The van der Waals surface area contributed by atoms with Gasteiger partial charge in [0, 0.05) is 16.9 Å². The molecular formula is C14H14N2O2S. The lowest BCUT2D eigenvalue weighted by Gasteiger charge is -2.03. The van der Waals surface area contributed by atoms with E-state index < -0.39 is 0 Å². The van der Waals surface area contributed by atoms with Crippen molar-refractivity contribution in [3.05, 3.63) is 40.9 Å². The van der Waals surface area contributed by atoms with E-state index in [-0.39, 0.29) is 5.91 Å². The molecule has 98 valence electrons. The van der Waals surface area contributed by atoms with Gasteiger partial charge in [-0.05, 0) is 37.1 Å². The van der Waals surface area contributed by atoms with Crippen LogP contribution in [0.5, 0.6) is 5.75 Å². The van der Waals surface area contributed by atoms with Crippen LogP contribution in [0.1, 0.15) is 34.8 Å². The zero-order chi connectivity index (χ0) is 13.2. The molecule has 1 amide bonds. The second-order valence-electron chi connectivity index (χ2n) is 4.53. The van der Waals surface area contributed by atoms with Gasteiger partial charge >= 0.3 is 0 Å². The Balaban J connectivity index is 1.68. The van der Waals surface area contributed by atoms with Crippen LogP contribution in [-0.4, -0.2) is 18.0 Å². The Morgan fingerprint density at radius 3 is 2.74 bits per heavy atom. The molecule has 5 heteroatoms. The molecule has 1 N–H and O–H groups in total. The molecule has 19 heavy (non-hydrogen) atoms. The van der Waals surface area contributed by atoms with E-state index >= 15 is 0 Å². The predicted molar refractivity (Wildman–Crippen MR) is 75.0 cm³/mol. The number of hydrogen-bond donors (Lipinski definition) is 1. The average Bonchev–Trinajstić information content (AvgIpc) is 3.20. The van der Waals surface area contributed by atoms with Crippen molar-refractivity contribution in [2.45, 2.75) is 18.8 Å². The van der Waals surface area contributed by atoms with Gasteiger partial charge in [-0.1, -0.05) is 0 Å². The number of hydrogen-bond acceptors (Lipinski definition) is 4. The summed E-state index contributed by atoms with van der Waals surface area (Å²) in [4.78, 5) is 16.5. The van der Waals surface area contributed by atoms with Crippen molar-refractivity contribution < 1.29 is 9.53 Å². The lowest BCUT2D eigenvalue weighted by atomic mass is 10.2. The molecule has 1 aromatic heterocycles. The molecule has 2 aromatic rings. The highest BCUT2D eigenvalue weighted by Crippen LogP contribution is 2.40. The third-order valence-corrected chi connectivity index (χ3v) is 3.87. The maximum Gasteiger partial charge on any atom is 0.257 e. The number of ether oxygens (including phenoxy) is 1. The molecule has 1 fully saturated rings. The third kappa shape index (κ3) is 2.76. The van der Waals surface area contributed by atoms with Gasteiger partial charge in [-0.2, -0.15) is 0 Å². The summed E-state index contributed by atoms with van der Waals surface area (Å²) >= 11 is 1.48. The number of aromatic nitrogens is 1. The monoisotopic (exact) mass is 274 g/mol. The molecule has 0 atom stereocenters. The zero-order valence-electron chi connectivity index (χ0n) is 10.6. The number of rotatable bonds is 4. The Bertz CT molecular complexity index is 588. The topological polar surface area (TPSA) is 51.2 Å². The minimum atomic E-state index is -0.139. The van der Waals surface area contributed by atoms with Crippen molar-refractivity contribution >= 4 is 22.4 Å². The molecular weight excluding hydrogens is 260 g/mol. The van der Waals surface area contributed by atoms with Gasteiger partial charge in [0.2, 0.25) is 0 Å². The summed E-state index contributed by atoms with van der Waals surface area (Å²) in [5, 5.41) is 5.52. The van der Waals surface area contributed by atoms with Crippen molar-refractivity contribution in [2.75, 3.05) is 12.4 Å². The average molecular weight is 274 g/mol. The molecule has 1 heterocycles. The number of carbonyl (C=O) groups is 1. The van der Waals surface area contributed by atoms with Crippen LogP contribution < -0.4 is 10.1 Å². The highest BCUT2D eigenvalue weighted by Gasteiger charge is 2.26. The van der Waals surface area contributed by atoms with E-state index in [1.54, 1.807) is 31.4 Å². The number of thiazole rings is 1. The van der Waals surface area contributed by atoms with Crippen LogP contribution in [0, 0.1) is 0 Å².